The quantitative estimate of drug-likeness (QED) is 0.329. The monoisotopic (exact) mass is 389 g/mol. The van der Waals surface area contributed by atoms with Crippen LogP contribution in [0.25, 0.3) is 0 Å². The number of carbonyl (C=O) groups is 4. The van der Waals surface area contributed by atoms with Gasteiger partial charge in [0.05, 0.1) is 23.6 Å². The second kappa shape index (κ2) is 6.23. The number of fused-ring (bicyclic) bond motifs is 5. The van der Waals surface area contributed by atoms with Crippen LogP contribution in [0.4, 0.5) is 10.1 Å². The standard InChI is InChI=1S/C19H16FNO7/c1-9(22)26-18(27-10(2)23)19-8-7-13(28-19)14-15(19)17(25)21(16(14)24)12-6-4-3-5-11(12)20/h3-8,13-15,18H,1-2H3/t13-,14+,15-,19+/m1/s1. The molecule has 3 heterocycles. The number of anilines is 1. The van der Waals surface area contributed by atoms with Gasteiger partial charge in [0, 0.05) is 13.8 Å². The number of amides is 2. The predicted molar refractivity (Wildman–Crippen MR) is 89.9 cm³/mol. The number of imide groups is 1. The Kier molecular flexibility index (Phi) is 4.07. The Bertz CT molecular complexity index is 913. The highest BCUT2D eigenvalue weighted by Gasteiger charge is 2.72. The normalized spacial score (nSPS) is 30.1. The summed E-state index contributed by atoms with van der Waals surface area (Å²) in [5.41, 5.74) is -1.82. The first-order valence-electron chi connectivity index (χ1n) is 8.60. The number of ether oxygens (including phenoxy) is 3. The molecule has 4 atom stereocenters. The zero-order valence-electron chi connectivity index (χ0n) is 15.0. The minimum atomic E-state index is -1.65. The van der Waals surface area contributed by atoms with Crippen LogP contribution in [0.15, 0.2) is 36.4 Å². The van der Waals surface area contributed by atoms with E-state index < -0.39 is 59.4 Å². The molecule has 0 spiro atoms. The molecule has 4 rings (SSSR count). The van der Waals surface area contributed by atoms with Crippen molar-refractivity contribution in [1.29, 1.82) is 0 Å². The van der Waals surface area contributed by atoms with Gasteiger partial charge in [-0.1, -0.05) is 18.2 Å². The average Bonchev–Trinajstić information content (AvgIpc) is 3.26. The summed E-state index contributed by atoms with van der Waals surface area (Å²) >= 11 is 0. The second-order valence-corrected chi connectivity index (χ2v) is 6.81. The van der Waals surface area contributed by atoms with E-state index in [4.69, 9.17) is 14.2 Å². The lowest BCUT2D eigenvalue weighted by molar-refractivity contribution is -0.226. The molecule has 0 N–H and O–H groups in total. The van der Waals surface area contributed by atoms with Gasteiger partial charge in [-0.05, 0) is 18.2 Å². The molecule has 146 valence electrons. The van der Waals surface area contributed by atoms with Crippen molar-refractivity contribution in [2.24, 2.45) is 11.8 Å². The summed E-state index contributed by atoms with van der Waals surface area (Å²) in [5.74, 6) is -5.64. The third kappa shape index (κ3) is 2.46. The van der Waals surface area contributed by atoms with Crippen molar-refractivity contribution in [3.05, 3.63) is 42.2 Å². The molecule has 2 amide bonds. The molecule has 0 aliphatic carbocycles. The van der Waals surface area contributed by atoms with E-state index in [9.17, 15) is 23.6 Å². The zero-order chi connectivity index (χ0) is 20.2. The molecule has 0 unspecified atom stereocenters. The van der Waals surface area contributed by atoms with Crippen LogP contribution in [0.2, 0.25) is 0 Å². The Morgan fingerprint density at radius 2 is 1.79 bits per heavy atom. The highest BCUT2D eigenvalue weighted by Crippen LogP contribution is 2.54. The van der Waals surface area contributed by atoms with Gasteiger partial charge in [0.25, 0.3) is 6.29 Å². The van der Waals surface area contributed by atoms with E-state index in [1.54, 1.807) is 6.08 Å². The minimum Gasteiger partial charge on any atom is -0.422 e. The Hall–Kier alpha value is -3.07. The summed E-state index contributed by atoms with van der Waals surface area (Å²) < 4.78 is 30.3. The molecule has 9 heteroatoms. The van der Waals surface area contributed by atoms with Crippen molar-refractivity contribution in [3.8, 4) is 0 Å². The SMILES string of the molecule is CC(=O)OC(OC(C)=O)[C@@]12C=C[C@@H](O1)[C@@H]1C(=O)N(c3ccccc3F)C(=O)[C@@H]12. The third-order valence-corrected chi connectivity index (χ3v) is 5.09. The maximum absolute atomic E-state index is 14.2. The van der Waals surface area contributed by atoms with Crippen LogP contribution in [0.3, 0.4) is 0 Å². The van der Waals surface area contributed by atoms with E-state index in [2.05, 4.69) is 0 Å². The van der Waals surface area contributed by atoms with Crippen LogP contribution in [0.1, 0.15) is 13.8 Å². The maximum atomic E-state index is 14.2. The lowest BCUT2D eigenvalue weighted by Crippen LogP contribution is -2.52. The van der Waals surface area contributed by atoms with Crippen LogP contribution in [0.5, 0.6) is 0 Å². The number of hydrogen-bond acceptors (Lipinski definition) is 7. The lowest BCUT2D eigenvalue weighted by atomic mass is 9.76. The van der Waals surface area contributed by atoms with Crippen molar-refractivity contribution >= 4 is 29.4 Å². The molecular formula is C19H16FNO7. The summed E-state index contributed by atoms with van der Waals surface area (Å²) in [6.07, 6.45) is 0.672. The van der Waals surface area contributed by atoms with Crippen LogP contribution < -0.4 is 4.90 Å². The van der Waals surface area contributed by atoms with Gasteiger partial charge in [0.2, 0.25) is 11.8 Å². The lowest BCUT2D eigenvalue weighted by Gasteiger charge is -2.34. The van der Waals surface area contributed by atoms with Crippen molar-refractivity contribution in [1.82, 2.24) is 0 Å². The Balaban J connectivity index is 1.77. The van der Waals surface area contributed by atoms with Crippen molar-refractivity contribution < 1.29 is 37.8 Å². The fourth-order valence-electron chi connectivity index (χ4n) is 4.09. The van der Waals surface area contributed by atoms with Crippen LogP contribution >= 0.6 is 0 Å². The van der Waals surface area contributed by atoms with E-state index >= 15 is 0 Å². The van der Waals surface area contributed by atoms with E-state index in [1.165, 1.54) is 24.3 Å². The number of esters is 2. The second-order valence-electron chi connectivity index (χ2n) is 6.81. The van der Waals surface area contributed by atoms with Gasteiger partial charge in [0.1, 0.15) is 5.82 Å². The largest absolute Gasteiger partial charge is 0.422 e. The number of nitrogens with zero attached hydrogens (tertiary/aromatic N) is 1. The average molecular weight is 389 g/mol. The third-order valence-electron chi connectivity index (χ3n) is 5.09. The fraction of sp³-hybridized carbons (Fsp3) is 0.368. The van der Waals surface area contributed by atoms with Crippen LogP contribution in [-0.4, -0.2) is 41.7 Å². The number of halogens is 1. The number of hydrogen-bond donors (Lipinski definition) is 0. The highest BCUT2D eigenvalue weighted by atomic mass is 19.1. The molecule has 1 aromatic carbocycles. The van der Waals surface area contributed by atoms with Gasteiger partial charge in [-0.25, -0.2) is 9.29 Å². The van der Waals surface area contributed by atoms with Gasteiger partial charge in [-0.3, -0.25) is 19.2 Å². The Labute approximate surface area is 158 Å². The van der Waals surface area contributed by atoms with E-state index in [-0.39, 0.29) is 5.69 Å². The first-order chi connectivity index (χ1) is 13.3. The summed E-state index contributed by atoms with van der Waals surface area (Å²) in [4.78, 5) is 50.0. The summed E-state index contributed by atoms with van der Waals surface area (Å²) in [6, 6.07) is 5.42. The van der Waals surface area contributed by atoms with E-state index in [1.807, 2.05) is 0 Å². The smallest absolute Gasteiger partial charge is 0.305 e. The van der Waals surface area contributed by atoms with Gasteiger partial charge in [0.15, 0.2) is 5.60 Å². The van der Waals surface area contributed by atoms with Crippen LogP contribution in [0, 0.1) is 17.7 Å². The highest BCUT2D eigenvalue weighted by molar-refractivity contribution is 6.23. The molecular weight excluding hydrogens is 373 g/mol. The van der Waals surface area contributed by atoms with Gasteiger partial charge >= 0.3 is 11.9 Å². The zero-order valence-corrected chi connectivity index (χ0v) is 15.0. The molecule has 1 aromatic rings. The van der Waals surface area contributed by atoms with Crippen molar-refractivity contribution in [2.75, 3.05) is 4.90 Å². The molecule has 2 fully saturated rings. The van der Waals surface area contributed by atoms with Crippen LogP contribution in [-0.2, 0) is 33.4 Å². The predicted octanol–water partition coefficient (Wildman–Crippen LogP) is 1.09. The molecule has 3 aliphatic heterocycles. The molecule has 0 radical (unpaired) electrons. The number of rotatable bonds is 4. The van der Waals surface area contributed by atoms with Gasteiger partial charge < -0.3 is 14.2 Å². The number of para-hydroxylation sites is 1. The van der Waals surface area contributed by atoms with Gasteiger partial charge in [-0.15, -0.1) is 0 Å². The fourth-order valence-corrected chi connectivity index (χ4v) is 4.09. The first-order valence-corrected chi connectivity index (χ1v) is 8.60. The number of benzene rings is 1. The molecule has 0 saturated carbocycles. The van der Waals surface area contributed by atoms with Gasteiger partial charge in [-0.2, -0.15) is 0 Å². The Morgan fingerprint density at radius 1 is 1.14 bits per heavy atom. The summed E-state index contributed by atoms with van der Waals surface area (Å²) in [5, 5.41) is 0. The molecule has 2 bridgehead atoms. The van der Waals surface area contributed by atoms with Crippen molar-refractivity contribution in [3.63, 3.8) is 0 Å². The van der Waals surface area contributed by atoms with E-state index in [0.717, 1.165) is 24.8 Å². The summed E-state index contributed by atoms with van der Waals surface area (Å²) in [7, 11) is 0. The maximum Gasteiger partial charge on any atom is 0.305 e. The molecule has 0 aromatic heterocycles. The molecule has 3 aliphatic rings. The summed E-state index contributed by atoms with van der Waals surface area (Å²) in [6.45, 7) is 2.23. The topological polar surface area (TPSA) is 99.2 Å². The minimum absolute atomic E-state index is 0.169. The molecule has 8 nitrogen and oxygen atoms in total. The van der Waals surface area contributed by atoms with Crippen molar-refractivity contribution in [2.45, 2.75) is 31.8 Å². The Morgan fingerprint density at radius 3 is 2.39 bits per heavy atom. The van der Waals surface area contributed by atoms with E-state index in [0.29, 0.717) is 0 Å². The molecule has 28 heavy (non-hydrogen) atoms. The number of carbonyl (C=O) groups excluding carboxylic acids is 4. The first kappa shape index (κ1) is 18.3. The molecule has 2 saturated heterocycles.